The highest BCUT2D eigenvalue weighted by molar-refractivity contribution is 8.00. The minimum absolute atomic E-state index is 0.0282. The van der Waals surface area contributed by atoms with Crippen LogP contribution in [0.15, 0.2) is 88.8 Å². The average molecular weight is 588 g/mol. The number of methoxy groups -OCH3 is 1. The maximum absolute atomic E-state index is 13.5. The zero-order valence-corrected chi connectivity index (χ0v) is 24.3. The van der Waals surface area contributed by atoms with Crippen molar-refractivity contribution in [3.05, 3.63) is 101 Å². The molecule has 1 fully saturated rings. The molecule has 0 radical (unpaired) electrons. The molecule has 1 saturated heterocycles. The molecule has 1 unspecified atom stereocenters. The number of benzene rings is 3. The van der Waals surface area contributed by atoms with Crippen LogP contribution in [0.5, 0.6) is 11.5 Å². The standard InChI is InChI=1S/C31H29N3O5S2/c1-3-4-17-39-24-12-8-11-22(18-24)26-25(27(35)21-13-15-23(38-2)16-14-21)28(36)29(37)34(26)30-32-33-31(41-30)40-19-20-9-6-5-7-10-20/h5-16,18,26,35H,3-4,17,19H2,1-2H3. The molecule has 4 aromatic rings. The first-order valence-electron chi connectivity index (χ1n) is 13.2. The Morgan fingerprint density at radius 2 is 1.78 bits per heavy atom. The fraction of sp³-hybridized carbons (Fsp3) is 0.226. The molecule has 0 saturated carbocycles. The first-order chi connectivity index (χ1) is 20.0. The van der Waals surface area contributed by atoms with E-state index in [-0.39, 0.29) is 16.5 Å². The van der Waals surface area contributed by atoms with Crippen LogP contribution < -0.4 is 14.4 Å². The summed E-state index contributed by atoms with van der Waals surface area (Å²) in [5, 5.41) is 20.3. The minimum Gasteiger partial charge on any atom is -0.507 e. The number of carbonyl (C=O) groups is 2. The Morgan fingerprint density at radius 3 is 2.51 bits per heavy atom. The first-order valence-corrected chi connectivity index (χ1v) is 15.0. The molecule has 0 spiro atoms. The van der Waals surface area contributed by atoms with E-state index in [0.717, 1.165) is 18.4 Å². The quantitative estimate of drug-likeness (QED) is 0.0520. The van der Waals surface area contributed by atoms with Crippen molar-refractivity contribution in [2.75, 3.05) is 18.6 Å². The molecule has 5 rings (SSSR count). The molecule has 1 aliphatic rings. The van der Waals surface area contributed by atoms with E-state index in [1.807, 2.05) is 48.5 Å². The number of aliphatic hydroxyl groups excluding tert-OH is 1. The van der Waals surface area contributed by atoms with E-state index in [2.05, 4.69) is 17.1 Å². The first kappa shape index (κ1) is 28.4. The number of ketones is 1. The lowest BCUT2D eigenvalue weighted by Crippen LogP contribution is -2.29. The Bertz CT molecular complexity index is 1550. The fourth-order valence-electron chi connectivity index (χ4n) is 4.44. The summed E-state index contributed by atoms with van der Waals surface area (Å²) in [7, 11) is 1.55. The number of unbranched alkanes of at least 4 members (excludes halogenated alkanes) is 1. The van der Waals surface area contributed by atoms with E-state index in [1.165, 1.54) is 28.0 Å². The van der Waals surface area contributed by atoms with Crippen molar-refractivity contribution in [3.8, 4) is 11.5 Å². The van der Waals surface area contributed by atoms with Gasteiger partial charge in [0.1, 0.15) is 17.3 Å². The highest BCUT2D eigenvalue weighted by Gasteiger charge is 2.48. The molecule has 10 heteroatoms. The smallest absolute Gasteiger partial charge is 0.301 e. The van der Waals surface area contributed by atoms with Crippen LogP contribution in [0.1, 0.15) is 42.5 Å². The molecule has 1 amide bonds. The van der Waals surface area contributed by atoms with Crippen molar-refractivity contribution >= 4 is 45.7 Å². The maximum Gasteiger partial charge on any atom is 0.301 e. The van der Waals surface area contributed by atoms with Gasteiger partial charge in [0.05, 0.1) is 25.3 Å². The zero-order chi connectivity index (χ0) is 28.8. The van der Waals surface area contributed by atoms with Gasteiger partial charge in [0, 0.05) is 11.3 Å². The van der Waals surface area contributed by atoms with Crippen molar-refractivity contribution in [3.63, 3.8) is 0 Å². The number of amides is 1. The number of carbonyl (C=O) groups excluding carboxylic acids is 2. The van der Waals surface area contributed by atoms with Gasteiger partial charge in [-0.15, -0.1) is 10.2 Å². The zero-order valence-electron chi connectivity index (χ0n) is 22.6. The number of rotatable bonds is 11. The van der Waals surface area contributed by atoms with Gasteiger partial charge in [-0.1, -0.05) is 78.9 Å². The van der Waals surface area contributed by atoms with Crippen LogP contribution in [-0.4, -0.2) is 40.7 Å². The lowest BCUT2D eigenvalue weighted by molar-refractivity contribution is -0.132. The van der Waals surface area contributed by atoms with Gasteiger partial charge < -0.3 is 14.6 Å². The molecule has 8 nitrogen and oxygen atoms in total. The lowest BCUT2D eigenvalue weighted by Gasteiger charge is -2.23. The second-order valence-corrected chi connectivity index (χ2v) is 11.5. The Hall–Kier alpha value is -4.15. The second kappa shape index (κ2) is 13.0. The predicted octanol–water partition coefficient (Wildman–Crippen LogP) is 6.64. The number of thioether (sulfide) groups is 1. The van der Waals surface area contributed by atoms with E-state index in [0.29, 0.717) is 39.3 Å². The minimum atomic E-state index is -0.924. The van der Waals surface area contributed by atoms with E-state index < -0.39 is 17.7 Å². The van der Waals surface area contributed by atoms with Gasteiger partial charge in [0.2, 0.25) is 5.13 Å². The third-order valence-electron chi connectivity index (χ3n) is 6.56. The van der Waals surface area contributed by atoms with E-state index >= 15 is 0 Å². The van der Waals surface area contributed by atoms with Crippen molar-refractivity contribution in [1.82, 2.24) is 10.2 Å². The molecule has 1 atom stereocenters. The number of hydrogen-bond acceptors (Lipinski definition) is 9. The third-order valence-corrected chi connectivity index (χ3v) is 8.68. The van der Waals surface area contributed by atoms with Crippen LogP contribution in [0.2, 0.25) is 0 Å². The molecule has 41 heavy (non-hydrogen) atoms. The topological polar surface area (TPSA) is 102 Å². The Balaban J connectivity index is 1.54. The highest BCUT2D eigenvalue weighted by Crippen LogP contribution is 2.44. The summed E-state index contributed by atoms with van der Waals surface area (Å²) < 4.78 is 11.8. The molecule has 1 aliphatic heterocycles. The highest BCUT2D eigenvalue weighted by atomic mass is 32.2. The van der Waals surface area contributed by atoms with Crippen LogP contribution in [0.4, 0.5) is 5.13 Å². The molecule has 2 heterocycles. The van der Waals surface area contributed by atoms with Gasteiger partial charge in [-0.3, -0.25) is 14.5 Å². The summed E-state index contributed by atoms with van der Waals surface area (Å²) in [4.78, 5) is 28.4. The summed E-state index contributed by atoms with van der Waals surface area (Å²) >= 11 is 2.73. The van der Waals surface area contributed by atoms with Crippen LogP contribution in [0.25, 0.3) is 5.76 Å². The molecular weight excluding hydrogens is 558 g/mol. The molecule has 1 aromatic heterocycles. The van der Waals surface area contributed by atoms with Gasteiger partial charge in [-0.2, -0.15) is 0 Å². The second-order valence-electron chi connectivity index (χ2n) is 9.30. The predicted molar refractivity (Wildman–Crippen MR) is 161 cm³/mol. The summed E-state index contributed by atoms with van der Waals surface area (Å²) in [5.41, 5.74) is 2.11. The van der Waals surface area contributed by atoms with E-state index in [9.17, 15) is 14.7 Å². The number of nitrogens with zero attached hydrogens (tertiary/aromatic N) is 3. The largest absolute Gasteiger partial charge is 0.507 e. The Labute approximate surface area is 246 Å². The summed E-state index contributed by atoms with van der Waals surface area (Å²) in [6.45, 7) is 2.63. The number of anilines is 1. The fourth-order valence-corrected chi connectivity index (χ4v) is 6.26. The number of ether oxygens (including phenoxy) is 2. The van der Waals surface area contributed by atoms with Gasteiger partial charge >= 0.3 is 5.91 Å². The third kappa shape index (κ3) is 6.28. The monoisotopic (exact) mass is 587 g/mol. The SMILES string of the molecule is CCCCOc1cccc(C2C(=C(O)c3ccc(OC)cc3)C(=O)C(=O)N2c2nnc(SCc3ccccc3)s2)c1. The van der Waals surface area contributed by atoms with Crippen LogP contribution in [-0.2, 0) is 15.3 Å². The van der Waals surface area contributed by atoms with Crippen molar-refractivity contribution in [2.24, 2.45) is 0 Å². The van der Waals surface area contributed by atoms with Crippen molar-refractivity contribution in [1.29, 1.82) is 0 Å². The molecule has 1 N–H and O–H groups in total. The van der Waals surface area contributed by atoms with Gasteiger partial charge in [-0.05, 0) is 53.9 Å². The number of aliphatic hydroxyl groups is 1. The van der Waals surface area contributed by atoms with Crippen LogP contribution in [0, 0.1) is 0 Å². The van der Waals surface area contributed by atoms with Gasteiger partial charge in [0.25, 0.3) is 5.78 Å². The summed E-state index contributed by atoms with van der Waals surface area (Å²) in [5.74, 6) is 0.0467. The lowest BCUT2D eigenvalue weighted by atomic mass is 9.95. The average Bonchev–Trinajstić information content (AvgIpc) is 3.58. The van der Waals surface area contributed by atoms with Crippen LogP contribution in [0.3, 0.4) is 0 Å². The summed E-state index contributed by atoms with van der Waals surface area (Å²) in [6.07, 6.45) is 1.89. The molecular formula is C31H29N3O5S2. The normalized spacial score (nSPS) is 16.2. The van der Waals surface area contributed by atoms with E-state index in [1.54, 1.807) is 37.4 Å². The van der Waals surface area contributed by atoms with Crippen molar-refractivity contribution < 1.29 is 24.2 Å². The number of hydrogen-bond donors (Lipinski definition) is 1. The van der Waals surface area contributed by atoms with Gasteiger partial charge in [-0.25, -0.2) is 0 Å². The summed E-state index contributed by atoms with van der Waals surface area (Å²) in [6, 6.07) is 23.0. The molecule has 0 bridgehead atoms. The molecule has 210 valence electrons. The maximum atomic E-state index is 13.5. The van der Waals surface area contributed by atoms with Gasteiger partial charge in [0.15, 0.2) is 4.34 Å². The Morgan fingerprint density at radius 1 is 1.00 bits per heavy atom. The molecule has 3 aromatic carbocycles. The van der Waals surface area contributed by atoms with Crippen molar-refractivity contribution in [2.45, 2.75) is 35.9 Å². The van der Waals surface area contributed by atoms with E-state index in [4.69, 9.17) is 9.47 Å². The number of aromatic nitrogens is 2. The van der Waals surface area contributed by atoms with Crippen LogP contribution >= 0.6 is 23.1 Å². The molecule has 0 aliphatic carbocycles. The number of Topliss-reactive ketones (excluding diaryl/α,β-unsaturated/α-hetero) is 1. The Kier molecular flexibility index (Phi) is 9.01.